The summed E-state index contributed by atoms with van der Waals surface area (Å²) in [5.41, 5.74) is 6.11. The topological polar surface area (TPSA) is 15.7 Å². The van der Waals surface area contributed by atoms with Crippen LogP contribution in [0.15, 0.2) is 66.7 Å². The van der Waals surface area contributed by atoms with E-state index in [-0.39, 0.29) is 6.10 Å². The Labute approximate surface area is 239 Å². The standard InChI is InChI=1S/C21H26N2.C10H10Cl2O.Ru/c1-16(2)18-9-5-7-11-20(18)22-13-14-23(15-22)21-12-8-6-10-19(21)17(3)4;1-7(2)13-10-8(6-11)4-3-5-9(10)12;/h5-12,16-17H,13-14H2,1-4H3;3-5,7H,1-2H3;. The number of halogens is 2. The predicted octanol–water partition coefficient (Wildman–Crippen LogP) is 8.29. The van der Waals surface area contributed by atoms with Gasteiger partial charge in [-0.25, -0.2) is 0 Å². The van der Waals surface area contributed by atoms with Crippen LogP contribution in [-0.2, 0) is 16.2 Å². The van der Waals surface area contributed by atoms with Crippen molar-refractivity contribution >= 4 is 42.5 Å². The summed E-state index contributed by atoms with van der Waals surface area (Å²) in [6.07, 6.45) is 0.00175. The fraction of sp³-hybridized carbons (Fsp3) is 0.355. The third-order valence-electron chi connectivity index (χ3n) is 6.35. The molecule has 0 unspecified atom stereocenters. The predicted molar refractivity (Wildman–Crippen MR) is 158 cm³/mol. The first-order valence-corrected chi connectivity index (χ1v) is 15.4. The minimum atomic E-state index is -0.520. The summed E-state index contributed by atoms with van der Waals surface area (Å²) in [5.74, 6) is 1.51. The average molecular weight is 625 g/mol. The monoisotopic (exact) mass is 624 g/mol. The van der Waals surface area contributed by atoms with Gasteiger partial charge >= 0.3 is 240 Å². The Morgan fingerprint density at radius 1 is 0.757 bits per heavy atom. The van der Waals surface area contributed by atoms with E-state index in [1.807, 2.05) is 32.0 Å². The van der Waals surface area contributed by atoms with Crippen LogP contribution < -0.4 is 14.5 Å². The molecule has 198 valence electrons. The maximum absolute atomic E-state index is 7.20. The van der Waals surface area contributed by atoms with Crippen LogP contribution in [0.1, 0.15) is 70.1 Å². The molecule has 0 radical (unpaired) electrons. The number of para-hydroxylation sites is 3. The van der Waals surface area contributed by atoms with Gasteiger partial charge < -0.3 is 0 Å². The van der Waals surface area contributed by atoms with Crippen LogP contribution in [0.25, 0.3) is 0 Å². The van der Waals surface area contributed by atoms with Crippen LogP contribution in [-0.4, -0.2) is 27.1 Å². The van der Waals surface area contributed by atoms with Gasteiger partial charge in [0.25, 0.3) is 0 Å². The first-order valence-electron chi connectivity index (χ1n) is 12.9. The van der Waals surface area contributed by atoms with E-state index in [0.717, 1.165) is 22.2 Å². The van der Waals surface area contributed by atoms with E-state index in [9.17, 15) is 0 Å². The zero-order valence-corrected chi connectivity index (χ0v) is 25.7. The molecule has 3 aromatic carbocycles. The molecular weight excluding hydrogens is 588 g/mol. The Balaban J connectivity index is 1.96. The number of rotatable bonds is 7. The molecule has 0 bridgehead atoms. The van der Waals surface area contributed by atoms with Crippen LogP contribution in [0.2, 0.25) is 5.02 Å². The van der Waals surface area contributed by atoms with Crippen LogP contribution in [0.5, 0.6) is 5.75 Å². The van der Waals surface area contributed by atoms with Crippen molar-refractivity contribution in [1.82, 2.24) is 0 Å². The molecule has 0 spiro atoms. The summed E-state index contributed by atoms with van der Waals surface area (Å²) in [4.78, 5) is 4.97. The number of nitrogens with zero attached hydrogens (tertiary/aromatic N) is 2. The van der Waals surface area contributed by atoms with Crippen molar-refractivity contribution < 1.29 is 21.0 Å². The van der Waals surface area contributed by atoms with Gasteiger partial charge in [0.05, 0.1) is 0 Å². The normalized spacial score (nSPS) is 13.9. The van der Waals surface area contributed by atoms with Crippen molar-refractivity contribution in [3.8, 4) is 5.75 Å². The summed E-state index contributed by atoms with van der Waals surface area (Å²) in [7, 11) is 0. The molecule has 6 heteroatoms. The van der Waals surface area contributed by atoms with E-state index in [1.54, 1.807) is 0 Å². The molecule has 0 aromatic heterocycles. The molecule has 1 aliphatic rings. The molecule has 0 saturated carbocycles. The Morgan fingerprint density at radius 2 is 1.27 bits per heavy atom. The summed E-state index contributed by atoms with van der Waals surface area (Å²) < 4.78 is 8.19. The molecule has 4 rings (SSSR count). The van der Waals surface area contributed by atoms with Gasteiger partial charge in [0.1, 0.15) is 0 Å². The van der Waals surface area contributed by atoms with Crippen LogP contribution in [0, 0.1) is 0 Å². The van der Waals surface area contributed by atoms with E-state index in [4.69, 9.17) is 27.9 Å². The van der Waals surface area contributed by atoms with Gasteiger partial charge in [0.15, 0.2) is 0 Å². The zero-order valence-electron chi connectivity index (χ0n) is 22.4. The van der Waals surface area contributed by atoms with Crippen molar-refractivity contribution in [2.45, 2.75) is 59.5 Å². The SMILES string of the molecule is CC(C)Oc1c(Cl)cccc1[C](Cl)=[Ru]=[C]1N(c2ccccc2C(C)C)CCN1c1ccccc1C(C)C. The number of anilines is 2. The molecular formula is C31H36Cl2N2ORu. The molecule has 0 amide bonds. The quantitative estimate of drug-likeness (QED) is 0.246. The molecule has 37 heavy (non-hydrogen) atoms. The molecule has 1 fully saturated rings. The Kier molecular flexibility index (Phi) is 9.27. The second-order valence-electron chi connectivity index (χ2n) is 10.1. The van der Waals surface area contributed by atoms with E-state index in [0.29, 0.717) is 22.6 Å². The summed E-state index contributed by atoms with van der Waals surface area (Å²) in [5, 5.41) is 0.588. The van der Waals surface area contributed by atoms with Crippen molar-refractivity contribution in [2.75, 3.05) is 22.9 Å². The van der Waals surface area contributed by atoms with Crippen molar-refractivity contribution in [3.05, 3.63) is 88.4 Å². The van der Waals surface area contributed by atoms with Crippen LogP contribution in [0.3, 0.4) is 0 Å². The number of hydrogen-bond acceptors (Lipinski definition) is 3. The number of hydrogen-bond donors (Lipinski definition) is 0. The second kappa shape index (κ2) is 12.2. The van der Waals surface area contributed by atoms with E-state index in [2.05, 4.69) is 86.0 Å². The molecule has 0 atom stereocenters. The van der Waals surface area contributed by atoms with Gasteiger partial charge in [-0.1, -0.05) is 0 Å². The molecule has 0 N–H and O–H groups in total. The molecule has 1 aliphatic heterocycles. The summed E-state index contributed by atoms with van der Waals surface area (Å²) in [6, 6.07) is 23.4. The third kappa shape index (κ3) is 6.19. The Hall–Kier alpha value is -2.00. The van der Waals surface area contributed by atoms with Gasteiger partial charge in [0.2, 0.25) is 0 Å². The first-order chi connectivity index (χ1) is 17.7. The molecule has 0 aliphatic carbocycles. The van der Waals surface area contributed by atoms with Crippen molar-refractivity contribution in [2.24, 2.45) is 0 Å². The van der Waals surface area contributed by atoms with Gasteiger partial charge in [-0.05, 0) is 0 Å². The van der Waals surface area contributed by atoms with E-state index < -0.39 is 16.2 Å². The fourth-order valence-electron chi connectivity index (χ4n) is 4.62. The Morgan fingerprint density at radius 3 is 1.76 bits per heavy atom. The van der Waals surface area contributed by atoms with Gasteiger partial charge in [-0.15, -0.1) is 0 Å². The summed E-state index contributed by atoms with van der Waals surface area (Å²) >= 11 is 13.3. The summed E-state index contributed by atoms with van der Waals surface area (Å²) in [6.45, 7) is 14.9. The second-order valence-corrected chi connectivity index (χ2v) is 13.5. The van der Waals surface area contributed by atoms with E-state index >= 15 is 0 Å². The van der Waals surface area contributed by atoms with Crippen molar-refractivity contribution in [3.63, 3.8) is 0 Å². The first kappa shape index (κ1) is 28.0. The fourth-order valence-corrected chi connectivity index (χ4v) is 7.54. The van der Waals surface area contributed by atoms with Crippen LogP contribution in [0.4, 0.5) is 11.4 Å². The molecule has 1 heterocycles. The zero-order chi connectivity index (χ0) is 26.7. The molecule has 1 saturated heterocycles. The third-order valence-corrected chi connectivity index (χ3v) is 9.43. The Bertz CT molecular complexity index is 1270. The minimum absolute atomic E-state index is 0.00175. The average Bonchev–Trinajstić information content (AvgIpc) is 3.27. The van der Waals surface area contributed by atoms with Crippen LogP contribution >= 0.6 is 23.2 Å². The van der Waals surface area contributed by atoms with E-state index in [1.165, 1.54) is 26.9 Å². The van der Waals surface area contributed by atoms with Gasteiger partial charge in [0, 0.05) is 0 Å². The van der Waals surface area contributed by atoms with Gasteiger partial charge in [-0.3, -0.25) is 0 Å². The molecule has 3 aromatic rings. The maximum atomic E-state index is 7.20. The molecule has 3 nitrogen and oxygen atoms in total. The number of ether oxygens (including phenoxy) is 1. The van der Waals surface area contributed by atoms with Gasteiger partial charge in [-0.2, -0.15) is 0 Å². The van der Waals surface area contributed by atoms with Crippen molar-refractivity contribution in [1.29, 1.82) is 0 Å². The number of benzene rings is 3.